The summed E-state index contributed by atoms with van der Waals surface area (Å²) in [7, 11) is 0. The summed E-state index contributed by atoms with van der Waals surface area (Å²) in [5.74, 6) is 0.925. The number of pyridine rings is 2. The monoisotopic (exact) mass is 544 g/mol. The van der Waals surface area contributed by atoms with Crippen LogP contribution in [0.25, 0.3) is 0 Å². The van der Waals surface area contributed by atoms with Crippen LogP contribution in [0, 0.1) is 18.3 Å². The average molecular weight is 545 g/mol. The van der Waals surface area contributed by atoms with Crippen molar-refractivity contribution in [1.29, 1.82) is 5.26 Å². The van der Waals surface area contributed by atoms with Crippen LogP contribution < -0.4 is 15.4 Å². The minimum absolute atomic E-state index is 0.181. The summed E-state index contributed by atoms with van der Waals surface area (Å²) in [5.41, 5.74) is 3.62. The van der Waals surface area contributed by atoms with E-state index in [2.05, 4.69) is 42.6 Å². The third-order valence-electron chi connectivity index (χ3n) is 6.79. The van der Waals surface area contributed by atoms with Crippen LogP contribution in [-0.4, -0.2) is 74.7 Å². The van der Waals surface area contributed by atoms with E-state index in [1.165, 1.54) is 18.0 Å². The van der Waals surface area contributed by atoms with Gasteiger partial charge < -0.3 is 20.5 Å². The molecule has 0 saturated heterocycles. The number of aromatic nitrogens is 4. The molecule has 0 radical (unpaired) electrons. The van der Waals surface area contributed by atoms with E-state index < -0.39 is 12.0 Å². The topological polar surface area (TPSA) is 149 Å². The Kier molecular flexibility index (Phi) is 10.6. The molecule has 0 saturated carbocycles. The van der Waals surface area contributed by atoms with E-state index >= 15 is 0 Å². The highest BCUT2D eigenvalue weighted by molar-refractivity contribution is 5.76. The van der Waals surface area contributed by atoms with Crippen molar-refractivity contribution in [2.24, 2.45) is 0 Å². The number of carboxylic acid groups (broad SMARTS) is 1. The zero-order valence-electron chi connectivity index (χ0n) is 22.8. The second-order valence-corrected chi connectivity index (χ2v) is 9.85. The molecule has 210 valence electrons. The van der Waals surface area contributed by atoms with Gasteiger partial charge in [-0.3, -0.25) is 9.88 Å². The summed E-state index contributed by atoms with van der Waals surface area (Å²) in [6.45, 7) is 5.37. The zero-order valence-corrected chi connectivity index (χ0v) is 22.8. The smallest absolute Gasteiger partial charge is 0.326 e. The van der Waals surface area contributed by atoms with Gasteiger partial charge in [-0.25, -0.2) is 19.7 Å². The first-order chi connectivity index (χ1) is 19.5. The number of hydrogen-bond acceptors (Lipinski definition) is 10. The summed E-state index contributed by atoms with van der Waals surface area (Å²) in [5, 5.41) is 25.0. The molecule has 0 aliphatic carbocycles. The number of nitrogens with zero attached hydrogens (tertiary/aromatic N) is 6. The van der Waals surface area contributed by atoms with Crippen LogP contribution in [0.3, 0.4) is 0 Å². The fourth-order valence-corrected chi connectivity index (χ4v) is 4.50. The van der Waals surface area contributed by atoms with Gasteiger partial charge in [0.15, 0.2) is 0 Å². The lowest BCUT2D eigenvalue weighted by Crippen LogP contribution is -2.37. The molecule has 40 heavy (non-hydrogen) atoms. The number of carboxylic acids is 1. The molecule has 3 N–H and O–H groups in total. The lowest BCUT2D eigenvalue weighted by molar-refractivity contribution is -0.138. The molecule has 1 atom stereocenters. The average Bonchev–Trinajstić information content (AvgIpc) is 2.98. The molecule has 0 fully saturated rings. The van der Waals surface area contributed by atoms with Crippen molar-refractivity contribution in [3.8, 4) is 11.8 Å². The fraction of sp³-hybridized carbons (Fsp3) is 0.448. The van der Waals surface area contributed by atoms with Gasteiger partial charge in [-0.2, -0.15) is 5.26 Å². The van der Waals surface area contributed by atoms with Crippen molar-refractivity contribution >= 4 is 17.7 Å². The lowest BCUT2D eigenvalue weighted by Gasteiger charge is -2.24. The Morgan fingerprint density at radius 1 is 1.15 bits per heavy atom. The summed E-state index contributed by atoms with van der Waals surface area (Å²) >= 11 is 0. The van der Waals surface area contributed by atoms with Gasteiger partial charge in [-0.1, -0.05) is 6.07 Å². The number of carbonyl (C=O) groups is 1. The molecule has 11 nitrogen and oxygen atoms in total. The molecule has 0 amide bonds. The van der Waals surface area contributed by atoms with E-state index in [-0.39, 0.29) is 5.95 Å². The van der Waals surface area contributed by atoms with Gasteiger partial charge in [0.05, 0.1) is 24.2 Å². The number of unbranched alkanes of at least 4 members (excludes halogenated alkanes) is 1. The Morgan fingerprint density at radius 3 is 2.75 bits per heavy atom. The van der Waals surface area contributed by atoms with E-state index in [1.54, 1.807) is 6.20 Å². The molecule has 3 aromatic rings. The number of aliphatic carboxylic acids is 1. The van der Waals surface area contributed by atoms with Gasteiger partial charge >= 0.3 is 5.97 Å². The van der Waals surface area contributed by atoms with E-state index in [1.807, 2.05) is 25.1 Å². The van der Waals surface area contributed by atoms with Crippen molar-refractivity contribution in [2.75, 3.05) is 43.4 Å². The Bertz CT molecular complexity index is 1280. The highest BCUT2D eigenvalue weighted by Gasteiger charge is 2.20. The van der Waals surface area contributed by atoms with Crippen molar-refractivity contribution in [2.45, 2.75) is 51.5 Å². The molecule has 4 rings (SSSR count). The Hall–Kier alpha value is -4.30. The van der Waals surface area contributed by atoms with Crippen LogP contribution >= 0.6 is 0 Å². The predicted octanol–water partition coefficient (Wildman–Crippen LogP) is 3.46. The van der Waals surface area contributed by atoms with Crippen LogP contribution in [0.15, 0.2) is 42.9 Å². The van der Waals surface area contributed by atoms with Gasteiger partial charge in [0.2, 0.25) is 5.95 Å². The van der Waals surface area contributed by atoms with Crippen LogP contribution in [-0.2, 0) is 17.6 Å². The number of anilines is 2. The Balaban J connectivity index is 1.30. The SMILES string of the molecule is Cc1ccc(OCCN(CCCCc2ccc3c(n2)NCCC3)CC[C@H](Nc2ncc(C#N)cn2)C(=O)O)cn1. The van der Waals surface area contributed by atoms with Gasteiger partial charge in [-0.05, 0) is 75.8 Å². The van der Waals surface area contributed by atoms with Crippen LogP contribution in [0.1, 0.15) is 48.2 Å². The number of aryl methyl sites for hydroxylation is 3. The molecular weight excluding hydrogens is 508 g/mol. The van der Waals surface area contributed by atoms with Crippen molar-refractivity contribution < 1.29 is 14.6 Å². The summed E-state index contributed by atoms with van der Waals surface area (Å²) in [6, 6.07) is 9.20. The molecule has 0 spiro atoms. The van der Waals surface area contributed by atoms with Gasteiger partial charge in [-0.15, -0.1) is 0 Å². The summed E-state index contributed by atoms with van der Waals surface area (Å²) < 4.78 is 5.89. The quantitative estimate of drug-likeness (QED) is 0.241. The molecule has 0 unspecified atom stereocenters. The maximum absolute atomic E-state index is 12.0. The van der Waals surface area contributed by atoms with Gasteiger partial charge in [0, 0.05) is 31.0 Å². The minimum atomic E-state index is -0.984. The maximum Gasteiger partial charge on any atom is 0.326 e. The van der Waals surface area contributed by atoms with Crippen LogP contribution in [0.4, 0.5) is 11.8 Å². The number of rotatable bonds is 15. The standard InChI is InChI=1S/C29H36N8O3/c1-21-7-10-25(20-32-21)40-16-15-37(13-3-2-6-24-9-8-23-5-4-12-31-27(23)35-24)14-11-26(28(38)39)36-29-33-18-22(17-30)19-34-29/h7-10,18-20,26H,2-6,11-16H2,1H3,(H,31,35)(H,38,39)(H,33,34,36)/t26-/m0/s1. The number of nitrogens with one attached hydrogen (secondary N) is 2. The molecule has 1 aliphatic heterocycles. The maximum atomic E-state index is 12.0. The number of hydrogen-bond donors (Lipinski definition) is 3. The first kappa shape index (κ1) is 28.7. The third-order valence-corrected chi connectivity index (χ3v) is 6.79. The second kappa shape index (κ2) is 14.7. The number of fused-ring (bicyclic) bond motifs is 1. The van der Waals surface area contributed by atoms with Crippen molar-refractivity contribution in [3.63, 3.8) is 0 Å². The van der Waals surface area contributed by atoms with E-state index in [0.717, 1.165) is 62.4 Å². The van der Waals surface area contributed by atoms with E-state index in [0.29, 0.717) is 37.4 Å². The zero-order chi connectivity index (χ0) is 28.2. The largest absolute Gasteiger partial charge is 0.491 e. The number of nitriles is 1. The molecule has 4 heterocycles. The summed E-state index contributed by atoms with van der Waals surface area (Å²) in [6.07, 6.45) is 9.83. The molecular formula is C29H36N8O3. The number of ether oxygens (including phenoxy) is 1. The molecule has 0 bridgehead atoms. The van der Waals surface area contributed by atoms with Gasteiger partial charge in [0.25, 0.3) is 0 Å². The first-order valence-corrected chi connectivity index (χ1v) is 13.7. The molecule has 0 aromatic carbocycles. The fourth-order valence-electron chi connectivity index (χ4n) is 4.50. The van der Waals surface area contributed by atoms with Gasteiger partial charge in [0.1, 0.15) is 30.3 Å². The molecule has 3 aromatic heterocycles. The van der Waals surface area contributed by atoms with E-state index in [9.17, 15) is 9.90 Å². The second-order valence-electron chi connectivity index (χ2n) is 9.85. The predicted molar refractivity (Wildman–Crippen MR) is 151 cm³/mol. The van der Waals surface area contributed by atoms with Crippen LogP contribution in [0.5, 0.6) is 5.75 Å². The van der Waals surface area contributed by atoms with E-state index in [4.69, 9.17) is 15.0 Å². The normalized spacial score (nSPS) is 13.1. The Morgan fingerprint density at radius 2 is 2.00 bits per heavy atom. The molecule has 1 aliphatic rings. The first-order valence-electron chi connectivity index (χ1n) is 13.7. The molecule has 11 heteroatoms. The van der Waals surface area contributed by atoms with Crippen LogP contribution in [0.2, 0.25) is 0 Å². The van der Waals surface area contributed by atoms with Crippen molar-refractivity contribution in [1.82, 2.24) is 24.8 Å². The minimum Gasteiger partial charge on any atom is -0.491 e. The Labute approximate surface area is 234 Å². The highest BCUT2D eigenvalue weighted by atomic mass is 16.5. The third kappa shape index (κ3) is 8.88. The van der Waals surface area contributed by atoms with Crippen molar-refractivity contribution in [3.05, 3.63) is 65.4 Å². The highest BCUT2D eigenvalue weighted by Crippen LogP contribution is 2.20. The summed E-state index contributed by atoms with van der Waals surface area (Å²) in [4.78, 5) is 31.3. The lowest BCUT2D eigenvalue weighted by atomic mass is 10.1.